The summed E-state index contributed by atoms with van der Waals surface area (Å²) in [6.07, 6.45) is 0.635. The van der Waals surface area contributed by atoms with Gasteiger partial charge in [0, 0.05) is 18.4 Å². The van der Waals surface area contributed by atoms with Crippen LogP contribution in [0.25, 0.3) is 0 Å². The van der Waals surface area contributed by atoms with Crippen molar-refractivity contribution in [3.8, 4) is 0 Å². The summed E-state index contributed by atoms with van der Waals surface area (Å²) >= 11 is 0. The zero-order valence-corrected chi connectivity index (χ0v) is 12.4. The molecule has 21 heavy (non-hydrogen) atoms. The predicted octanol–water partition coefficient (Wildman–Crippen LogP) is 0.289. The number of nitrogens with zero attached hydrogens (tertiary/aromatic N) is 3. The molecule has 2 unspecified atom stereocenters. The molecule has 9 nitrogen and oxygen atoms in total. The lowest BCUT2D eigenvalue weighted by Crippen LogP contribution is -2.44. The first-order valence-electron chi connectivity index (χ1n) is 7.01. The number of carbonyl (C=O) groups is 2. The van der Waals surface area contributed by atoms with Crippen molar-refractivity contribution in [1.29, 1.82) is 0 Å². The summed E-state index contributed by atoms with van der Waals surface area (Å²) < 4.78 is 10.1. The minimum atomic E-state index is -0.812. The Morgan fingerprint density at radius 2 is 2.05 bits per heavy atom. The Balaban J connectivity index is 1.82. The fourth-order valence-corrected chi connectivity index (χ4v) is 2.02. The van der Waals surface area contributed by atoms with Gasteiger partial charge in [-0.15, -0.1) is 0 Å². The van der Waals surface area contributed by atoms with Gasteiger partial charge in [0.1, 0.15) is 5.02 Å². The average Bonchev–Trinajstić information content (AvgIpc) is 3.17. The Morgan fingerprint density at radius 1 is 1.33 bits per heavy atom. The summed E-state index contributed by atoms with van der Waals surface area (Å²) in [6.45, 7) is 6.08. The summed E-state index contributed by atoms with van der Waals surface area (Å²) in [5.41, 5.74) is 0. The maximum Gasteiger partial charge on any atom is 0.311 e. The van der Waals surface area contributed by atoms with E-state index in [9.17, 15) is 9.59 Å². The van der Waals surface area contributed by atoms with Crippen LogP contribution in [0.3, 0.4) is 0 Å². The molecule has 1 N–H and O–H groups in total. The van der Waals surface area contributed by atoms with Crippen LogP contribution in [0.4, 0.5) is 0 Å². The van der Waals surface area contributed by atoms with Gasteiger partial charge in [-0.1, -0.05) is 13.8 Å². The highest BCUT2D eigenvalue weighted by Crippen LogP contribution is 2.17. The van der Waals surface area contributed by atoms with Gasteiger partial charge in [-0.25, -0.2) is 0 Å². The van der Waals surface area contributed by atoms with Crippen molar-refractivity contribution in [1.82, 2.24) is 9.98 Å². The van der Waals surface area contributed by atoms with E-state index >= 15 is 0 Å². The molecule has 2 rings (SSSR count). The molecule has 2 atom stereocenters. The van der Waals surface area contributed by atoms with Crippen molar-refractivity contribution in [2.45, 2.75) is 39.9 Å². The molecule has 1 fully saturated rings. The van der Waals surface area contributed by atoms with Crippen LogP contribution in [-0.2, 0) is 14.3 Å². The largest absolute Gasteiger partial charge is 0.481 e. The number of hydrogen-bond donors (Lipinski definition) is 1. The second-order valence-corrected chi connectivity index (χ2v) is 5.43. The van der Waals surface area contributed by atoms with Gasteiger partial charge in [0.2, 0.25) is 0 Å². The standard InChI is InChI=1S/C12H21N3O6/c1-8(2)12(18)19-9(3)20-15-14(21-15)13-6-4-5-10(7-13)11(16)17/h8-10H,4-7H2,1-3H3,(H,16,17). The van der Waals surface area contributed by atoms with Crippen molar-refractivity contribution in [3.63, 3.8) is 0 Å². The number of hydrogen-bond acceptors (Lipinski definition) is 6. The number of piperidine rings is 1. The van der Waals surface area contributed by atoms with Crippen molar-refractivity contribution in [2.24, 2.45) is 11.8 Å². The van der Waals surface area contributed by atoms with Crippen molar-refractivity contribution >= 4 is 11.9 Å². The van der Waals surface area contributed by atoms with E-state index in [1.54, 1.807) is 25.8 Å². The molecule has 0 radical (unpaired) electrons. The molecule has 1 saturated heterocycles. The number of rotatable bonds is 6. The van der Waals surface area contributed by atoms with Crippen LogP contribution < -0.4 is 9.85 Å². The van der Waals surface area contributed by atoms with Gasteiger partial charge in [0.25, 0.3) is 6.29 Å². The van der Waals surface area contributed by atoms with E-state index in [4.69, 9.17) is 19.3 Å². The third kappa shape index (κ3) is 3.96. The Bertz CT molecular complexity index is 488. The Hall–Kier alpha value is -2.06. The molecule has 0 aromatic carbocycles. The van der Waals surface area contributed by atoms with E-state index in [1.807, 2.05) is 0 Å². The molecule has 1 aliphatic heterocycles. The topological polar surface area (TPSA) is 99.1 Å². The van der Waals surface area contributed by atoms with Crippen LogP contribution >= 0.6 is 0 Å². The predicted molar refractivity (Wildman–Crippen MR) is 70.0 cm³/mol. The van der Waals surface area contributed by atoms with Crippen LogP contribution in [0.2, 0.25) is 0 Å². The first-order valence-corrected chi connectivity index (χ1v) is 7.01. The average molecular weight is 303 g/mol. The number of esters is 1. The molecule has 0 amide bonds. The van der Waals surface area contributed by atoms with Crippen LogP contribution in [-0.4, -0.2) is 46.4 Å². The van der Waals surface area contributed by atoms with Gasteiger partial charge in [-0.3, -0.25) is 14.6 Å². The zero-order valence-electron chi connectivity index (χ0n) is 12.4. The Morgan fingerprint density at radius 3 is 2.67 bits per heavy atom. The lowest BCUT2D eigenvalue weighted by Gasteiger charge is -2.26. The van der Waals surface area contributed by atoms with Gasteiger partial charge in [0.05, 0.1) is 18.4 Å². The van der Waals surface area contributed by atoms with Crippen LogP contribution in [0.1, 0.15) is 33.6 Å². The van der Waals surface area contributed by atoms with Gasteiger partial charge in [0.15, 0.2) is 0 Å². The van der Waals surface area contributed by atoms with E-state index < -0.39 is 18.2 Å². The highest BCUT2D eigenvalue weighted by atomic mass is 17.0. The Labute approximate surface area is 121 Å². The fraction of sp³-hybridized carbons (Fsp3) is 0.833. The summed E-state index contributed by atoms with van der Waals surface area (Å²) in [6, 6.07) is 0. The highest BCUT2D eigenvalue weighted by Gasteiger charge is 2.31. The quantitative estimate of drug-likeness (QED) is 0.595. The smallest absolute Gasteiger partial charge is 0.311 e. The first-order chi connectivity index (χ1) is 9.88. The fourth-order valence-electron chi connectivity index (χ4n) is 2.02. The van der Waals surface area contributed by atoms with Gasteiger partial charge in [-0.05, 0) is 12.8 Å². The third-order valence-corrected chi connectivity index (χ3v) is 3.24. The molecule has 120 valence electrons. The SMILES string of the molecule is CC(OC(=O)C(C)C)On1on1N1CCCC(C(=O)O)C1. The van der Waals surface area contributed by atoms with Gasteiger partial charge >= 0.3 is 11.9 Å². The summed E-state index contributed by atoms with van der Waals surface area (Å²) in [4.78, 5) is 29.0. The second kappa shape index (κ2) is 6.15. The summed E-state index contributed by atoms with van der Waals surface area (Å²) in [7, 11) is 0. The molecular weight excluding hydrogens is 282 g/mol. The molecule has 9 heteroatoms. The van der Waals surface area contributed by atoms with Gasteiger partial charge in [-0.2, -0.15) is 4.63 Å². The minimum Gasteiger partial charge on any atom is -0.481 e. The summed E-state index contributed by atoms with van der Waals surface area (Å²) in [5.74, 6) is -1.82. The van der Waals surface area contributed by atoms with Crippen molar-refractivity contribution in [2.75, 3.05) is 18.1 Å². The second-order valence-electron chi connectivity index (χ2n) is 5.43. The third-order valence-electron chi connectivity index (χ3n) is 3.24. The maximum atomic E-state index is 11.4. The van der Waals surface area contributed by atoms with E-state index in [2.05, 4.69) is 0 Å². The number of carboxylic acid groups (broad SMARTS) is 1. The first kappa shape index (κ1) is 15.3. The number of carbonyl (C=O) groups excluding carboxylic acids is 1. The van der Waals surface area contributed by atoms with E-state index in [0.29, 0.717) is 19.5 Å². The molecule has 1 aliphatic rings. The maximum absolute atomic E-state index is 11.4. The van der Waals surface area contributed by atoms with Crippen LogP contribution in [0, 0.1) is 11.8 Å². The number of aliphatic carboxylic acids is 1. The van der Waals surface area contributed by atoms with E-state index in [1.165, 1.54) is 4.96 Å². The van der Waals surface area contributed by atoms with E-state index in [0.717, 1.165) is 11.4 Å². The molecule has 0 spiro atoms. The normalized spacial score (nSPS) is 20.6. The molecule has 0 aliphatic carbocycles. The number of ether oxygens (including phenoxy) is 1. The number of carboxylic acids is 1. The summed E-state index contributed by atoms with van der Waals surface area (Å²) in [5, 5.41) is 11.8. The molecule has 1 aromatic heterocycles. The van der Waals surface area contributed by atoms with Gasteiger partial charge < -0.3 is 14.7 Å². The molecule has 0 bridgehead atoms. The van der Waals surface area contributed by atoms with Crippen LogP contribution in [0.15, 0.2) is 4.63 Å². The highest BCUT2D eigenvalue weighted by molar-refractivity contribution is 5.71. The minimum absolute atomic E-state index is 0.235. The van der Waals surface area contributed by atoms with Crippen molar-refractivity contribution in [3.05, 3.63) is 0 Å². The Kier molecular flexibility index (Phi) is 4.49. The monoisotopic (exact) mass is 303 g/mol. The van der Waals surface area contributed by atoms with Crippen LogP contribution in [0.5, 0.6) is 0 Å². The molecule has 0 saturated carbocycles. The molecule has 1 aromatic rings. The molecule has 2 heterocycles. The lowest BCUT2D eigenvalue weighted by molar-refractivity contribution is -0.184. The number of aromatic nitrogens is 2. The zero-order chi connectivity index (χ0) is 15.6. The van der Waals surface area contributed by atoms with Crippen molar-refractivity contribution < 1.29 is 28.9 Å². The molecular formula is C12H21N3O6. The lowest BCUT2D eigenvalue weighted by atomic mass is 10.00. The van der Waals surface area contributed by atoms with E-state index in [-0.39, 0.29) is 11.9 Å².